The first-order valence-corrected chi connectivity index (χ1v) is 17.2. The van der Waals surface area contributed by atoms with Crippen molar-refractivity contribution in [3.8, 4) is 0 Å². The van der Waals surface area contributed by atoms with Crippen LogP contribution in [0.5, 0.6) is 0 Å². The number of rotatable bonds is 7. The molecule has 0 bridgehead atoms. The second kappa shape index (κ2) is 12.1. The quantitative estimate of drug-likeness (QED) is 0.282. The molecule has 3 unspecified atom stereocenters. The summed E-state index contributed by atoms with van der Waals surface area (Å²) >= 11 is 0. The first kappa shape index (κ1) is 31.8. The van der Waals surface area contributed by atoms with E-state index in [4.69, 9.17) is 4.74 Å². The lowest BCUT2D eigenvalue weighted by Crippen LogP contribution is -2.62. The summed E-state index contributed by atoms with van der Waals surface area (Å²) in [6, 6.07) is 8.01. The van der Waals surface area contributed by atoms with Gasteiger partial charge in [-0.25, -0.2) is 4.79 Å². The summed E-state index contributed by atoms with van der Waals surface area (Å²) in [6.07, 6.45) is 10.0. The summed E-state index contributed by atoms with van der Waals surface area (Å²) in [5.74, 6) is 3.55. The number of benzene rings is 1. The van der Waals surface area contributed by atoms with Gasteiger partial charge in [0.15, 0.2) is 0 Å². The number of aliphatic hydroxyl groups excluding tert-OH is 2. The van der Waals surface area contributed by atoms with Crippen LogP contribution in [0.1, 0.15) is 118 Å². The van der Waals surface area contributed by atoms with Gasteiger partial charge in [-0.05, 0) is 133 Å². The monoisotopic (exact) mass is 581 g/mol. The van der Waals surface area contributed by atoms with Crippen LogP contribution in [-0.2, 0) is 10.2 Å². The van der Waals surface area contributed by atoms with Crippen molar-refractivity contribution >= 4 is 11.8 Å². The van der Waals surface area contributed by atoms with Crippen LogP contribution in [0.25, 0.3) is 0 Å². The van der Waals surface area contributed by atoms with E-state index in [9.17, 15) is 15.0 Å². The highest BCUT2D eigenvalue weighted by Crippen LogP contribution is 2.69. The molecular weight excluding hydrogens is 522 g/mol. The van der Waals surface area contributed by atoms with Crippen molar-refractivity contribution in [3.05, 3.63) is 29.8 Å². The molecule has 4 saturated carbocycles. The van der Waals surface area contributed by atoms with Gasteiger partial charge in [-0.2, -0.15) is 0 Å². The minimum Gasteiger partial charge on any atom is -0.449 e. The van der Waals surface area contributed by atoms with Crippen LogP contribution < -0.4 is 5.32 Å². The van der Waals surface area contributed by atoms with E-state index < -0.39 is 0 Å². The summed E-state index contributed by atoms with van der Waals surface area (Å²) in [5, 5.41) is 25.4. The molecule has 0 heterocycles. The van der Waals surface area contributed by atoms with Gasteiger partial charge >= 0.3 is 6.09 Å². The Labute approximate surface area is 255 Å². The van der Waals surface area contributed by atoms with Crippen LogP contribution in [0.15, 0.2) is 24.3 Å². The van der Waals surface area contributed by atoms with Gasteiger partial charge in [-0.3, -0.25) is 5.32 Å². The summed E-state index contributed by atoms with van der Waals surface area (Å²) in [5.41, 5.74) is 2.61. The number of fused-ring (bicyclic) bond motifs is 5. The zero-order chi connectivity index (χ0) is 30.4. The van der Waals surface area contributed by atoms with E-state index >= 15 is 0 Å². The van der Waals surface area contributed by atoms with E-state index in [1.807, 2.05) is 12.1 Å². The normalized spacial score (nSPS) is 40.4. The molecule has 42 heavy (non-hydrogen) atoms. The Kier molecular flexibility index (Phi) is 9.14. The predicted molar refractivity (Wildman–Crippen MR) is 170 cm³/mol. The predicted octanol–water partition coefficient (Wildman–Crippen LogP) is 8.58. The Bertz CT molecular complexity index is 1080. The molecule has 0 aromatic heterocycles. The lowest BCUT2D eigenvalue weighted by Gasteiger charge is -2.64. The maximum atomic E-state index is 12.4. The lowest BCUT2D eigenvalue weighted by molar-refractivity contribution is -0.203. The molecule has 0 spiro atoms. The molecule has 236 valence electrons. The molecule has 5 heteroatoms. The van der Waals surface area contributed by atoms with E-state index in [1.165, 1.54) is 31.2 Å². The molecule has 11 atom stereocenters. The summed E-state index contributed by atoms with van der Waals surface area (Å²) in [7, 11) is 0. The zero-order valence-electron chi connectivity index (χ0n) is 27.5. The number of ether oxygens (including phenoxy) is 1. The van der Waals surface area contributed by atoms with Crippen molar-refractivity contribution in [1.82, 2.24) is 0 Å². The highest BCUT2D eigenvalue weighted by molar-refractivity contribution is 5.84. The molecular formula is C37H59NO4. The highest BCUT2D eigenvalue weighted by atomic mass is 16.5. The molecule has 5 rings (SSSR count). The van der Waals surface area contributed by atoms with Gasteiger partial charge in [0.05, 0.1) is 18.8 Å². The van der Waals surface area contributed by atoms with Crippen molar-refractivity contribution in [3.63, 3.8) is 0 Å². The molecule has 0 saturated heterocycles. The number of amides is 1. The topological polar surface area (TPSA) is 78.8 Å². The molecule has 5 nitrogen and oxygen atoms in total. The van der Waals surface area contributed by atoms with E-state index in [0.717, 1.165) is 44.2 Å². The molecule has 4 fully saturated rings. The standard InChI is InChI=1S/C37H59NO4/c1-8-27-31-22-26(39)17-19-37(31,7)30-18-20-36(6)28(15-16-29(36)32(30)33(27)40)23(2)10-9-21-42-34(41)38-25-13-11-24(12-14-25)35(3,4)5/h11-14,23,26-33,39-40H,8-10,15-22H2,1-7H3,(H,38,41)/t23-,26-,27-,28-,29+,30+,31+,32?,33-,36?,37?/m1/s1. The summed E-state index contributed by atoms with van der Waals surface area (Å²) < 4.78 is 5.57. The lowest BCUT2D eigenvalue weighted by atomic mass is 9.41. The second-order valence-electron chi connectivity index (χ2n) is 16.3. The second-order valence-corrected chi connectivity index (χ2v) is 16.3. The molecule has 3 N–H and O–H groups in total. The largest absolute Gasteiger partial charge is 0.449 e. The van der Waals surface area contributed by atoms with E-state index in [0.29, 0.717) is 48.0 Å². The first-order chi connectivity index (χ1) is 19.8. The van der Waals surface area contributed by atoms with Gasteiger partial charge < -0.3 is 14.9 Å². The van der Waals surface area contributed by atoms with Gasteiger partial charge in [0.2, 0.25) is 0 Å². The van der Waals surface area contributed by atoms with Crippen LogP contribution in [0.2, 0.25) is 0 Å². The third-order valence-corrected chi connectivity index (χ3v) is 13.2. The molecule has 0 radical (unpaired) electrons. The SMILES string of the molecule is CC[C@H]1[C@@H](O)C2[C@@H]3CC[C@H]([C@H](C)CCCOC(=O)Nc4ccc(C(C)(C)C)cc4)C3(C)CC[C@@H]2C2(C)CC[C@@H](O)C[C@@H]12. The fourth-order valence-electron chi connectivity index (χ4n) is 10.9. The van der Waals surface area contributed by atoms with Crippen LogP contribution in [0.3, 0.4) is 0 Å². The van der Waals surface area contributed by atoms with Gasteiger partial charge in [0.25, 0.3) is 0 Å². The van der Waals surface area contributed by atoms with Crippen molar-refractivity contribution < 1.29 is 19.7 Å². The van der Waals surface area contributed by atoms with Crippen molar-refractivity contribution in [2.75, 3.05) is 11.9 Å². The summed E-state index contributed by atoms with van der Waals surface area (Å²) in [6.45, 7) is 16.7. The Morgan fingerprint density at radius 2 is 1.67 bits per heavy atom. The third kappa shape index (κ3) is 5.78. The van der Waals surface area contributed by atoms with Gasteiger partial charge in [0.1, 0.15) is 0 Å². The van der Waals surface area contributed by atoms with E-state index in [2.05, 4.69) is 65.9 Å². The van der Waals surface area contributed by atoms with Crippen molar-refractivity contribution in [1.29, 1.82) is 0 Å². The van der Waals surface area contributed by atoms with Crippen LogP contribution in [0, 0.1) is 52.3 Å². The minimum atomic E-state index is -0.379. The molecule has 0 aliphatic heterocycles. The minimum absolute atomic E-state index is 0.0840. The van der Waals surface area contributed by atoms with Crippen molar-refractivity contribution in [2.45, 2.75) is 130 Å². The average molecular weight is 582 g/mol. The molecule has 1 amide bonds. The van der Waals surface area contributed by atoms with Gasteiger partial charge in [-0.15, -0.1) is 0 Å². The smallest absolute Gasteiger partial charge is 0.411 e. The van der Waals surface area contributed by atoms with Crippen LogP contribution in [-0.4, -0.2) is 35.1 Å². The fraction of sp³-hybridized carbons (Fsp3) is 0.811. The van der Waals surface area contributed by atoms with Crippen LogP contribution >= 0.6 is 0 Å². The number of aliphatic hydroxyl groups is 2. The fourth-order valence-corrected chi connectivity index (χ4v) is 10.9. The molecule has 1 aromatic rings. The Morgan fingerprint density at radius 1 is 1.00 bits per heavy atom. The Hall–Kier alpha value is -1.59. The maximum absolute atomic E-state index is 12.4. The zero-order valence-corrected chi connectivity index (χ0v) is 27.5. The van der Waals surface area contributed by atoms with Crippen molar-refractivity contribution in [2.24, 2.45) is 52.3 Å². The average Bonchev–Trinajstić information content (AvgIpc) is 3.29. The first-order valence-electron chi connectivity index (χ1n) is 17.2. The highest BCUT2D eigenvalue weighted by Gasteiger charge is 2.64. The maximum Gasteiger partial charge on any atom is 0.411 e. The van der Waals surface area contributed by atoms with Gasteiger partial charge in [0, 0.05) is 5.69 Å². The number of hydrogen-bond donors (Lipinski definition) is 3. The Morgan fingerprint density at radius 3 is 2.33 bits per heavy atom. The molecule has 4 aliphatic carbocycles. The van der Waals surface area contributed by atoms with Gasteiger partial charge in [-0.1, -0.05) is 67.0 Å². The third-order valence-electron chi connectivity index (χ3n) is 13.2. The number of nitrogens with one attached hydrogen (secondary N) is 1. The Balaban J connectivity index is 1.16. The van der Waals surface area contributed by atoms with Crippen LogP contribution in [0.4, 0.5) is 10.5 Å². The number of anilines is 1. The van der Waals surface area contributed by atoms with E-state index in [1.54, 1.807) is 0 Å². The number of hydrogen-bond acceptors (Lipinski definition) is 4. The molecule has 4 aliphatic rings. The number of carbonyl (C=O) groups is 1. The summed E-state index contributed by atoms with van der Waals surface area (Å²) in [4.78, 5) is 12.4. The van der Waals surface area contributed by atoms with E-state index in [-0.39, 0.29) is 34.5 Å². The number of carbonyl (C=O) groups excluding carboxylic acids is 1. The molecule has 1 aromatic carbocycles.